The summed E-state index contributed by atoms with van der Waals surface area (Å²) in [5.41, 5.74) is 1.96. The van der Waals surface area contributed by atoms with Gasteiger partial charge in [0.2, 0.25) is 0 Å². The van der Waals surface area contributed by atoms with Crippen LogP contribution in [-0.4, -0.2) is 41.3 Å². The van der Waals surface area contributed by atoms with Crippen molar-refractivity contribution in [3.8, 4) is 0 Å². The highest BCUT2D eigenvalue weighted by atomic mass is 35.5. The van der Waals surface area contributed by atoms with Crippen molar-refractivity contribution in [2.75, 3.05) is 31.1 Å². The van der Waals surface area contributed by atoms with Gasteiger partial charge in [-0.1, -0.05) is 35.9 Å². The lowest BCUT2D eigenvalue weighted by molar-refractivity contribution is 0.211. The zero-order valence-electron chi connectivity index (χ0n) is 15.1. The second kappa shape index (κ2) is 8.20. The lowest BCUT2D eigenvalue weighted by Gasteiger charge is -2.40. The van der Waals surface area contributed by atoms with E-state index in [-0.39, 0.29) is 17.7 Å². The highest BCUT2D eigenvalue weighted by molar-refractivity contribution is 6.29. The topological polar surface area (TPSA) is 32.3 Å². The van der Waals surface area contributed by atoms with E-state index in [0.717, 1.165) is 43.1 Å². The van der Waals surface area contributed by atoms with Crippen LogP contribution >= 0.6 is 11.6 Å². The van der Waals surface area contributed by atoms with Gasteiger partial charge in [-0.05, 0) is 47.5 Å². The molecule has 0 spiro atoms. The summed E-state index contributed by atoms with van der Waals surface area (Å²) in [7, 11) is 0. The summed E-state index contributed by atoms with van der Waals surface area (Å²) < 4.78 is 26.8. The average Bonchev–Trinajstić information content (AvgIpc) is 2.72. The average molecular weight is 401 g/mol. The van der Waals surface area contributed by atoms with Crippen LogP contribution < -0.4 is 4.90 Å². The van der Waals surface area contributed by atoms with Gasteiger partial charge >= 0.3 is 0 Å². The van der Waals surface area contributed by atoms with Crippen LogP contribution in [0.2, 0.25) is 5.15 Å². The molecule has 1 saturated heterocycles. The van der Waals surface area contributed by atoms with Gasteiger partial charge in [-0.3, -0.25) is 4.90 Å². The monoisotopic (exact) mass is 400 g/mol. The van der Waals surface area contributed by atoms with Crippen LogP contribution in [0.4, 0.5) is 14.6 Å². The number of rotatable bonds is 4. The van der Waals surface area contributed by atoms with E-state index in [1.165, 1.54) is 24.3 Å². The molecule has 3 aromatic rings. The SMILES string of the molecule is Fc1ccc(C(c2ccc(F)cc2)N2CCN(c3ccc(Cl)nn3)CC2)cc1. The number of hydrogen-bond donors (Lipinski definition) is 0. The number of benzene rings is 2. The molecular weight excluding hydrogens is 382 g/mol. The first kappa shape index (κ1) is 18.8. The molecule has 0 bridgehead atoms. The van der Waals surface area contributed by atoms with Crippen molar-refractivity contribution in [3.63, 3.8) is 0 Å². The first-order valence-corrected chi connectivity index (χ1v) is 9.47. The second-order valence-electron chi connectivity index (χ2n) is 6.74. The Hall–Kier alpha value is -2.57. The van der Waals surface area contributed by atoms with E-state index in [4.69, 9.17) is 11.6 Å². The molecule has 0 unspecified atom stereocenters. The minimum absolute atomic E-state index is 0.0698. The van der Waals surface area contributed by atoms with Crippen molar-refractivity contribution in [1.82, 2.24) is 15.1 Å². The fourth-order valence-electron chi connectivity index (χ4n) is 3.59. The van der Waals surface area contributed by atoms with Gasteiger partial charge in [0.1, 0.15) is 11.6 Å². The van der Waals surface area contributed by atoms with Crippen LogP contribution in [-0.2, 0) is 0 Å². The number of piperazine rings is 1. The van der Waals surface area contributed by atoms with Crippen LogP contribution in [0.25, 0.3) is 0 Å². The van der Waals surface area contributed by atoms with Gasteiger partial charge in [0.05, 0.1) is 6.04 Å². The third kappa shape index (κ3) is 4.13. The summed E-state index contributed by atoms with van der Waals surface area (Å²) in [4.78, 5) is 4.48. The first-order chi connectivity index (χ1) is 13.6. The molecule has 1 aliphatic rings. The van der Waals surface area contributed by atoms with E-state index in [1.807, 2.05) is 6.07 Å². The largest absolute Gasteiger partial charge is 0.353 e. The Morgan fingerprint density at radius 2 is 1.25 bits per heavy atom. The zero-order valence-corrected chi connectivity index (χ0v) is 15.9. The molecule has 1 aromatic heterocycles. The predicted molar refractivity (Wildman–Crippen MR) is 105 cm³/mol. The van der Waals surface area contributed by atoms with E-state index in [1.54, 1.807) is 30.3 Å². The molecule has 2 aromatic carbocycles. The number of anilines is 1. The normalized spacial score (nSPS) is 15.2. The Morgan fingerprint density at radius 1 is 0.714 bits per heavy atom. The minimum atomic E-state index is -0.271. The molecule has 0 saturated carbocycles. The molecule has 7 heteroatoms. The number of halogens is 3. The highest BCUT2D eigenvalue weighted by Crippen LogP contribution is 2.30. The van der Waals surface area contributed by atoms with Crippen LogP contribution in [0, 0.1) is 11.6 Å². The third-order valence-corrected chi connectivity index (χ3v) is 5.19. The smallest absolute Gasteiger partial charge is 0.151 e. The minimum Gasteiger partial charge on any atom is -0.353 e. The molecule has 1 fully saturated rings. The van der Waals surface area contributed by atoms with Crippen molar-refractivity contribution in [2.45, 2.75) is 6.04 Å². The fraction of sp³-hybridized carbons (Fsp3) is 0.238. The summed E-state index contributed by atoms with van der Waals surface area (Å²) >= 11 is 5.82. The van der Waals surface area contributed by atoms with Gasteiger partial charge in [0.25, 0.3) is 0 Å². The maximum absolute atomic E-state index is 13.4. The van der Waals surface area contributed by atoms with Gasteiger partial charge < -0.3 is 4.90 Å². The zero-order chi connectivity index (χ0) is 19.5. The van der Waals surface area contributed by atoms with Crippen LogP contribution in [0.5, 0.6) is 0 Å². The maximum atomic E-state index is 13.4. The summed E-state index contributed by atoms with van der Waals surface area (Å²) in [6.07, 6.45) is 0. The maximum Gasteiger partial charge on any atom is 0.151 e. The molecular formula is C21H19ClF2N4. The van der Waals surface area contributed by atoms with Gasteiger partial charge in [0, 0.05) is 26.2 Å². The quantitative estimate of drug-likeness (QED) is 0.653. The molecule has 0 amide bonds. The van der Waals surface area contributed by atoms with Gasteiger partial charge in [0.15, 0.2) is 11.0 Å². The number of aromatic nitrogens is 2. The molecule has 28 heavy (non-hydrogen) atoms. The summed E-state index contributed by atoms with van der Waals surface area (Å²) in [6, 6.07) is 16.5. The molecule has 2 heterocycles. The van der Waals surface area contributed by atoms with Crippen molar-refractivity contribution in [2.24, 2.45) is 0 Å². The van der Waals surface area contributed by atoms with Crippen molar-refractivity contribution in [3.05, 3.63) is 88.6 Å². The van der Waals surface area contributed by atoms with Crippen LogP contribution in [0.3, 0.4) is 0 Å². The number of hydrogen-bond acceptors (Lipinski definition) is 4. The van der Waals surface area contributed by atoms with E-state index in [0.29, 0.717) is 5.15 Å². The van der Waals surface area contributed by atoms with Gasteiger partial charge in [-0.25, -0.2) is 8.78 Å². The molecule has 0 N–H and O–H groups in total. The van der Waals surface area contributed by atoms with E-state index in [9.17, 15) is 8.78 Å². The van der Waals surface area contributed by atoms with E-state index < -0.39 is 0 Å². The van der Waals surface area contributed by atoms with Crippen molar-refractivity contribution >= 4 is 17.4 Å². The third-order valence-electron chi connectivity index (χ3n) is 4.99. The molecule has 4 rings (SSSR count). The Morgan fingerprint density at radius 3 is 1.71 bits per heavy atom. The highest BCUT2D eigenvalue weighted by Gasteiger charge is 2.27. The summed E-state index contributed by atoms with van der Waals surface area (Å²) in [5.74, 6) is 0.254. The van der Waals surface area contributed by atoms with Crippen LogP contribution in [0.15, 0.2) is 60.7 Å². The summed E-state index contributed by atoms with van der Waals surface area (Å²) in [5, 5.41) is 8.43. The molecule has 0 atom stereocenters. The molecule has 144 valence electrons. The van der Waals surface area contributed by atoms with Gasteiger partial charge in [-0.2, -0.15) is 0 Å². The van der Waals surface area contributed by atoms with Gasteiger partial charge in [-0.15, -0.1) is 10.2 Å². The number of nitrogens with zero attached hydrogens (tertiary/aromatic N) is 4. The Balaban J connectivity index is 1.56. The Labute approximate surface area is 167 Å². The molecule has 0 radical (unpaired) electrons. The van der Waals surface area contributed by atoms with Crippen LogP contribution in [0.1, 0.15) is 17.2 Å². The van der Waals surface area contributed by atoms with Crippen molar-refractivity contribution in [1.29, 1.82) is 0 Å². The molecule has 4 nitrogen and oxygen atoms in total. The lowest BCUT2D eigenvalue weighted by Crippen LogP contribution is -2.48. The Kier molecular flexibility index (Phi) is 5.50. The predicted octanol–water partition coefficient (Wildman–Crippen LogP) is 4.32. The molecule has 0 aliphatic carbocycles. The second-order valence-corrected chi connectivity index (χ2v) is 7.13. The summed E-state index contributed by atoms with van der Waals surface area (Å²) in [6.45, 7) is 3.11. The van der Waals surface area contributed by atoms with Crippen molar-refractivity contribution < 1.29 is 8.78 Å². The molecule has 1 aliphatic heterocycles. The standard InChI is InChI=1S/C21H19ClF2N4/c22-19-9-10-20(26-25-19)27-11-13-28(14-12-27)21(15-1-5-17(23)6-2-15)16-3-7-18(24)8-4-16/h1-10,21H,11-14H2. The Bertz CT molecular complexity index is 863. The lowest BCUT2D eigenvalue weighted by atomic mass is 9.96. The first-order valence-electron chi connectivity index (χ1n) is 9.09. The van der Waals surface area contributed by atoms with E-state index in [2.05, 4.69) is 20.0 Å². The van der Waals surface area contributed by atoms with E-state index >= 15 is 0 Å². The fourth-order valence-corrected chi connectivity index (χ4v) is 3.69.